The fraction of sp³-hybridized carbons (Fsp3) is 0.727. The van der Waals surface area contributed by atoms with Crippen LogP contribution in [0.4, 0.5) is 4.39 Å². The first-order valence-corrected chi connectivity index (χ1v) is 11.2. The van der Waals surface area contributed by atoms with E-state index >= 15 is 0 Å². The Morgan fingerprint density at radius 3 is 2.30 bits per heavy atom. The van der Waals surface area contributed by atoms with Crippen LogP contribution in [0, 0.1) is 5.82 Å². The van der Waals surface area contributed by atoms with Gasteiger partial charge in [0.05, 0.1) is 24.3 Å². The molecule has 1 saturated carbocycles. The first-order valence-electron chi connectivity index (χ1n) is 11.2. The van der Waals surface area contributed by atoms with Crippen LogP contribution in [0.2, 0.25) is 0 Å². The Morgan fingerprint density at radius 2 is 1.67 bits per heavy atom. The van der Waals surface area contributed by atoms with Crippen LogP contribution in [-0.4, -0.2) is 101 Å². The third kappa shape index (κ3) is 4.31. The number of nitrogens with one attached hydrogen (secondary N) is 3. The monoisotopic (exact) mass is 471 g/mol. The van der Waals surface area contributed by atoms with Gasteiger partial charge in [-0.2, -0.15) is 0 Å². The molecule has 11 heteroatoms. The summed E-state index contributed by atoms with van der Waals surface area (Å²) in [4.78, 5) is 0. The average Bonchev–Trinajstić information content (AvgIpc) is 2.76. The van der Waals surface area contributed by atoms with Crippen LogP contribution >= 0.6 is 0 Å². The van der Waals surface area contributed by atoms with Gasteiger partial charge in [0.2, 0.25) is 12.1 Å². The van der Waals surface area contributed by atoms with E-state index in [1.165, 1.54) is 12.1 Å². The average molecular weight is 472 g/mol. The van der Waals surface area contributed by atoms with Crippen molar-refractivity contribution in [2.45, 2.75) is 80.2 Å². The number of benzene rings is 1. The van der Waals surface area contributed by atoms with Gasteiger partial charge < -0.3 is 50.6 Å². The van der Waals surface area contributed by atoms with E-state index in [1.54, 1.807) is 33.2 Å². The van der Waals surface area contributed by atoms with E-state index in [0.717, 1.165) is 5.56 Å². The van der Waals surface area contributed by atoms with Crippen LogP contribution in [0.1, 0.15) is 18.9 Å². The van der Waals surface area contributed by atoms with Crippen molar-refractivity contribution in [2.75, 3.05) is 20.6 Å². The highest BCUT2D eigenvalue weighted by atomic mass is 19.1. The summed E-state index contributed by atoms with van der Waals surface area (Å²) in [5, 5.41) is 53.7. The molecular formula is C22H34FN3O7. The molecule has 0 bridgehead atoms. The Kier molecular flexibility index (Phi) is 7.10. The van der Waals surface area contributed by atoms with Crippen molar-refractivity contribution in [3.05, 3.63) is 35.6 Å². The Hall–Kier alpha value is -1.25. The molecule has 186 valence electrons. The van der Waals surface area contributed by atoms with Crippen LogP contribution in [0.3, 0.4) is 0 Å². The lowest BCUT2D eigenvalue weighted by molar-refractivity contribution is -0.482. The fourth-order valence-corrected chi connectivity index (χ4v) is 5.24. The van der Waals surface area contributed by atoms with Gasteiger partial charge in [0.25, 0.3) is 0 Å². The number of hydrogen-bond acceptors (Lipinski definition) is 10. The maximum Gasteiger partial charge on any atom is 0.249 e. The van der Waals surface area contributed by atoms with Crippen LogP contribution in [0.5, 0.6) is 0 Å². The first kappa shape index (κ1) is 24.9. The molecule has 0 radical (unpaired) electrons. The molecule has 4 rings (SSSR count). The molecule has 10 unspecified atom stereocenters. The largest absolute Gasteiger partial charge is 0.390 e. The van der Waals surface area contributed by atoms with E-state index in [-0.39, 0.29) is 18.8 Å². The summed E-state index contributed by atoms with van der Waals surface area (Å²) in [6, 6.07) is 4.55. The van der Waals surface area contributed by atoms with Crippen molar-refractivity contribution >= 4 is 0 Å². The zero-order chi connectivity index (χ0) is 24.0. The van der Waals surface area contributed by atoms with Gasteiger partial charge in [-0.3, -0.25) is 0 Å². The fourth-order valence-electron chi connectivity index (χ4n) is 5.24. The van der Waals surface area contributed by atoms with E-state index in [1.807, 2.05) is 0 Å². The molecule has 1 aromatic carbocycles. The Morgan fingerprint density at radius 1 is 1.00 bits per heavy atom. The highest BCUT2D eigenvalue weighted by Crippen LogP contribution is 2.46. The predicted octanol–water partition coefficient (Wildman–Crippen LogP) is -1.83. The zero-order valence-electron chi connectivity index (χ0n) is 18.9. The Bertz CT molecular complexity index is 820. The van der Waals surface area contributed by atoms with Crippen molar-refractivity contribution in [2.24, 2.45) is 0 Å². The minimum atomic E-state index is -2.27. The maximum absolute atomic E-state index is 13.2. The molecule has 10 atom stereocenters. The summed E-state index contributed by atoms with van der Waals surface area (Å²) in [6.07, 6.45) is -5.87. The normalized spacial score (nSPS) is 45.3. The van der Waals surface area contributed by atoms with Crippen LogP contribution < -0.4 is 16.0 Å². The van der Waals surface area contributed by atoms with Gasteiger partial charge in [0.15, 0.2) is 0 Å². The van der Waals surface area contributed by atoms with Gasteiger partial charge in [-0.05, 0) is 38.7 Å². The summed E-state index contributed by atoms with van der Waals surface area (Å²) in [5.41, 5.74) is -1.01. The summed E-state index contributed by atoms with van der Waals surface area (Å²) in [6.45, 7) is 2.00. The number of hydrogen-bond donors (Lipinski definition) is 7. The molecule has 3 fully saturated rings. The van der Waals surface area contributed by atoms with E-state index < -0.39 is 60.3 Å². The molecule has 2 saturated heterocycles. The zero-order valence-corrected chi connectivity index (χ0v) is 18.9. The third-order valence-corrected chi connectivity index (χ3v) is 7.01. The second-order valence-electron chi connectivity index (χ2n) is 9.23. The predicted molar refractivity (Wildman–Crippen MR) is 114 cm³/mol. The molecule has 0 amide bonds. The number of fused-ring (bicyclic) bond motifs is 2. The molecule has 1 aliphatic carbocycles. The Labute approximate surface area is 192 Å². The number of likely N-dealkylation sites (N-methyl/N-ethyl adjacent to an activating group) is 2. The SMILES string of the molecule is CNC1C(O)C(NC)C2OC3(O)C(OC(C)CC3(O)CNCc3ccc(F)cc3)OC2C1O. The second kappa shape index (κ2) is 9.42. The van der Waals surface area contributed by atoms with Crippen molar-refractivity contribution in [1.29, 1.82) is 0 Å². The lowest BCUT2D eigenvalue weighted by atomic mass is 9.77. The van der Waals surface area contributed by atoms with Crippen molar-refractivity contribution in [3.63, 3.8) is 0 Å². The maximum atomic E-state index is 13.2. The van der Waals surface area contributed by atoms with Crippen molar-refractivity contribution in [1.82, 2.24) is 16.0 Å². The summed E-state index contributed by atoms with van der Waals surface area (Å²) < 4.78 is 31.0. The van der Waals surface area contributed by atoms with Gasteiger partial charge in [0.1, 0.15) is 29.7 Å². The molecule has 3 aliphatic rings. The number of halogens is 1. The van der Waals surface area contributed by atoms with Gasteiger partial charge in [0, 0.05) is 19.5 Å². The quantitative estimate of drug-likeness (QED) is 0.253. The lowest BCUT2D eigenvalue weighted by Gasteiger charge is -2.60. The molecule has 2 aliphatic heterocycles. The number of aliphatic hydroxyl groups is 4. The molecule has 1 aromatic rings. The van der Waals surface area contributed by atoms with Gasteiger partial charge in [-0.25, -0.2) is 4.39 Å². The molecular weight excluding hydrogens is 437 g/mol. The topological polar surface area (TPSA) is 145 Å². The number of aliphatic hydroxyl groups excluding tert-OH is 2. The third-order valence-electron chi connectivity index (χ3n) is 7.01. The smallest absolute Gasteiger partial charge is 0.249 e. The van der Waals surface area contributed by atoms with Gasteiger partial charge >= 0.3 is 0 Å². The summed E-state index contributed by atoms with van der Waals surface area (Å²) >= 11 is 0. The molecule has 2 heterocycles. The van der Waals surface area contributed by atoms with E-state index in [0.29, 0.717) is 6.54 Å². The van der Waals surface area contributed by atoms with E-state index in [9.17, 15) is 24.8 Å². The molecule has 0 aromatic heterocycles. The standard InChI is InChI=1S/C22H34FN3O7/c1-11-8-21(29,10-26-9-12-4-6-13(23)7-5-12)22(30)20(31-11)32-19-17(28)14(24-2)16(27)15(25-3)18(19)33-22/h4-7,11,14-20,24-30H,8-10H2,1-3H3. The van der Waals surface area contributed by atoms with Gasteiger partial charge in [-0.15, -0.1) is 0 Å². The highest BCUT2D eigenvalue weighted by Gasteiger charge is 2.68. The molecule has 10 nitrogen and oxygen atoms in total. The lowest BCUT2D eigenvalue weighted by Crippen LogP contribution is -2.81. The van der Waals surface area contributed by atoms with Crippen LogP contribution in [0.15, 0.2) is 24.3 Å². The van der Waals surface area contributed by atoms with Gasteiger partial charge in [-0.1, -0.05) is 12.1 Å². The molecule has 0 spiro atoms. The summed E-state index contributed by atoms with van der Waals surface area (Å²) in [5.74, 6) is -2.61. The second-order valence-corrected chi connectivity index (χ2v) is 9.23. The van der Waals surface area contributed by atoms with E-state index in [4.69, 9.17) is 14.2 Å². The van der Waals surface area contributed by atoms with E-state index in [2.05, 4.69) is 16.0 Å². The molecule has 33 heavy (non-hydrogen) atoms. The van der Waals surface area contributed by atoms with Crippen LogP contribution in [0.25, 0.3) is 0 Å². The van der Waals surface area contributed by atoms with Crippen molar-refractivity contribution < 1.29 is 39.0 Å². The highest BCUT2D eigenvalue weighted by molar-refractivity contribution is 5.16. The van der Waals surface area contributed by atoms with Crippen LogP contribution in [-0.2, 0) is 20.8 Å². The Balaban J connectivity index is 1.56. The first-order chi connectivity index (χ1) is 15.6. The summed E-state index contributed by atoms with van der Waals surface area (Å²) in [7, 11) is 3.25. The molecule has 7 N–H and O–H groups in total. The van der Waals surface area contributed by atoms with Crippen molar-refractivity contribution in [3.8, 4) is 0 Å². The number of rotatable bonds is 6. The number of ether oxygens (including phenoxy) is 3. The minimum Gasteiger partial charge on any atom is -0.390 e. The minimum absolute atomic E-state index is 0.0473.